The molecule has 2 aliphatic heterocycles. The zero-order chi connectivity index (χ0) is 21.7. The van der Waals surface area contributed by atoms with Gasteiger partial charge in [-0.25, -0.2) is 4.79 Å². The SMILES string of the molecule is CC(=S)OCN1CCc2ccccc21.CC(C)(C)OC(=O)N1CCc2ccccc21. The predicted octanol–water partition coefficient (Wildman–Crippen LogP) is 5.35. The van der Waals surface area contributed by atoms with Gasteiger partial charge in [-0.15, -0.1) is 0 Å². The third-order valence-corrected chi connectivity index (χ3v) is 5.03. The molecule has 0 bridgehead atoms. The summed E-state index contributed by atoms with van der Waals surface area (Å²) >= 11 is 4.88. The molecule has 4 rings (SSSR count). The molecule has 2 aromatic rings. The number of thiocarbonyl (C=S) groups is 1. The van der Waals surface area contributed by atoms with E-state index in [2.05, 4.69) is 35.2 Å². The molecule has 0 aliphatic carbocycles. The van der Waals surface area contributed by atoms with Crippen LogP contribution in [0.3, 0.4) is 0 Å². The smallest absolute Gasteiger partial charge is 0.414 e. The molecule has 2 aliphatic rings. The van der Waals surface area contributed by atoms with Crippen molar-refractivity contribution in [2.75, 3.05) is 29.6 Å². The Bertz CT molecular complexity index is 907. The zero-order valence-electron chi connectivity index (χ0n) is 18.2. The van der Waals surface area contributed by atoms with E-state index < -0.39 is 5.60 Å². The van der Waals surface area contributed by atoms with Gasteiger partial charge in [0, 0.05) is 25.7 Å². The van der Waals surface area contributed by atoms with Gasteiger partial charge in [0.2, 0.25) is 0 Å². The molecule has 0 N–H and O–H groups in total. The number of hydrogen-bond donors (Lipinski definition) is 0. The number of nitrogens with zero attached hydrogens (tertiary/aromatic N) is 2. The van der Waals surface area contributed by atoms with E-state index in [-0.39, 0.29) is 6.09 Å². The first kappa shape index (κ1) is 22.1. The summed E-state index contributed by atoms with van der Waals surface area (Å²) in [5.41, 5.74) is 4.45. The van der Waals surface area contributed by atoms with Gasteiger partial charge in [-0.3, -0.25) is 4.90 Å². The van der Waals surface area contributed by atoms with Crippen LogP contribution < -0.4 is 9.80 Å². The van der Waals surface area contributed by atoms with Crippen molar-refractivity contribution in [3.8, 4) is 0 Å². The van der Waals surface area contributed by atoms with Crippen molar-refractivity contribution in [2.45, 2.75) is 46.1 Å². The first-order chi connectivity index (χ1) is 14.2. The first-order valence-corrected chi connectivity index (χ1v) is 10.7. The van der Waals surface area contributed by atoms with Gasteiger partial charge < -0.3 is 14.4 Å². The lowest BCUT2D eigenvalue weighted by Gasteiger charge is -2.24. The Labute approximate surface area is 184 Å². The van der Waals surface area contributed by atoms with Crippen LogP contribution in [0.25, 0.3) is 0 Å². The highest BCUT2D eigenvalue weighted by Gasteiger charge is 2.28. The van der Waals surface area contributed by atoms with Gasteiger partial charge in [-0.05, 0) is 69.1 Å². The highest BCUT2D eigenvalue weighted by atomic mass is 32.1. The fourth-order valence-corrected chi connectivity index (χ4v) is 3.61. The summed E-state index contributed by atoms with van der Waals surface area (Å²) < 4.78 is 10.7. The molecule has 0 fully saturated rings. The Balaban J connectivity index is 0.000000172. The molecule has 0 unspecified atom stereocenters. The second-order valence-electron chi connectivity index (χ2n) is 8.42. The summed E-state index contributed by atoms with van der Waals surface area (Å²) in [7, 11) is 0. The molecule has 2 heterocycles. The molecule has 0 radical (unpaired) electrons. The van der Waals surface area contributed by atoms with Crippen molar-refractivity contribution in [1.82, 2.24) is 0 Å². The van der Waals surface area contributed by atoms with Crippen molar-refractivity contribution in [2.24, 2.45) is 0 Å². The third-order valence-electron chi connectivity index (χ3n) is 4.91. The number of benzene rings is 2. The van der Waals surface area contributed by atoms with Crippen LogP contribution >= 0.6 is 12.2 Å². The molecule has 6 heteroatoms. The van der Waals surface area contributed by atoms with Crippen LogP contribution in [0.5, 0.6) is 0 Å². The lowest BCUT2D eigenvalue weighted by Crippen LogP contribution is -2.35. The second kappa shape index (κ2) is 9.47. The number of hydrogen-bond acceptors (Lipinski definition) is 5. The van der Waals surface area contributed by atoms with Crippen molar-refractivity contribution in [3.05, 3.63) is 59.7 Å². The van der Waals surface area contributed by atoms with Crippen LogP contribution in [-0.2, 0) is 22.3 Å². The number of carbonyl (C=O) groups is 1. The van der Waals surface area contributed by atoms with Gasteiger partial charge in [0.25, 0.3) is 0 Å². The molecule has 160 valence electrons. The summed E-state index contributed by atoms with van der Waals surface area (Å²) in [6.45, 7) is 9.77. The van der Waals surface area contributed by atoms with Gasteiger partial charge in [-0.1, -0.05) is 36.4 Å². The van der Waals surface area contributed by atoms with Crippen molar-refractivity contribution in [1.29, 1.82) is 0 Å². The van der Waals surface area contributed by atoms with Gasteiger partial charge in [-0.2, -0.15) is 0 Å². The lowest BCUT2D eigenvalue weighted by molar-refractivity contribution is 0.0584. The average Bonchev–Trinajstić information content (AvgIpc) is 3.30. The summed E-state index contributed by atoms with van der Waals surface area (Å²) in [6.07, 6.45) is 1.77. The highest BCUT2D eigenvalue weighted by Crippen LogP contribution is 2.29. The summed E-state index contributed by atoms with van der Waals surface area (Å²) in [4.78, 5) is 15.8. The topological polar surface area (TPSA) is 42.0 Å². The van der Waals surface area contributed by atoms with Crippen LogP contribution in [0, 0.1) is 0 Å². The number of para-hydroxylation sites is 2. The van der Waals surface area contributed by atoms with E-state index in [1.807, 2.05) is 39.0 Å². The lowest BCUT2D eigenvalue weighted by atomic mass is 10.2. The molecule has 30 heavy (non-hydrogen) atoms. The van der Waals surface area contributed by atoms with Crippen LogP contribution in [0.1, 0.15) is 38.8 Å². The van der Waals surface area contributed by atoms with E-state index >= 15 is 0 Å². The van der Waals surface area contributed by atoms with E-state index in [9.17, 15) is 4.79 Å². The normalized spacial score (nSPS) is 14.4. The molecule has 0 spiro atoms. The quantitative estimate of drug-likeness (QED) is 0.605. The van der Waals surface area contributed by atoms with Gasteiger partial charge in [0.05, 0.1) is 5.69 Å². The average molecular weight is 427 g/mol. The maximum atomic E-state index is 11.9. The van der Waals surface area contributed by atoms with E-state index in [0.29, 0.717) is 18.3 Å². The number of ether oxygens (including phenoxy) is 2. The van der Waals surface area contributed by atoms with Crippen LogP contribution in [0.2, 0.25) is 0 Å². The summed E-state index contributed by atoms with van der Waals surface area (Å²) in [5, 5.41) is 0.606. The monoisotopic (exact) mass is 426 g/mol. The molecule has 0 aromatic heterocycles. The Morgan fingerprint density at radius 3 is 2.17 bits per heavy atom. The van der Waals surface area contributed by atoms with Crippen LogP contribution in [0.4, 0.5) is 16.2 Å². The maximum Gasteiger partial charge on any atom is 0.414 e. The predicted molar refractivity (Wildman–Crippen MR) is 125 cm³/mol. The largest absolute Gasteiger partial charge is 0.467 e. The minimum Gasteiger partial charge on any atom is -0.467 e. The molecule has 0 saturated carbocycles. The highest BCUT2D eigenvalue weighted by molar-refractivity contribution is 7.80. The summed E-state index contributed by atoms with van der Waals surface area (Å²) in [5.74, 6) is 0. The van der Waals surface area contributed by atoms with E-state index in [0.717, 1.165) is 25.1 Å². The standard InChI is InChI=1S/C13H17NO2.C11H13NOS/c1-13(2,3)16-12(15)14-9-8-10-6-4-5-7-11(10)14;1-9(14)13-8-12-7-6-10-4-2-3-5-11(10)12/h4-7H,8-9H2,1-3H3;2-5H,6-8H2,1H3. The third kappa shape index (κ3) is 5.72. The second-order valence-corrected chi connectivity index (χ2v) is 8.99. The van der Waals surface area contributed by atoms with Crippen molar-refractivity contribution < 1.29 is 14.3 Å². The van der Waals surface area contributed by atoms with Crippen LogP contribution in [-0.4, -0.2) is 36.6 Å². The number of anilines is 2. The fourth-order valence-electron chi connectivity index (χ4n) is 3.55. The molecule has 1 amide bonds. The van der Waals surface area contributed by atoms with Crippen LogP contribution in [0.15, 0.2) is 48.5 Å². The summed E-state index contributed by atoms with van der Waals surface area (Å²) in [6, 6.07) is 16.4. The molecule has 2 aromatic carbocycles. The van der Waals surface area contributed by atoms with Gasteiger partial charge in [0.15, 0.2) is 11.8 Å². The van der Waals surface area contributed by atoms with Gasteiger partial charge >= 0.3 is 6.09 Å². The van der Waals surface area contributed by atoms with E-state index in [4.69, 9.17) is 21.7 Å². The Kier molecular flexibility index (Phi) is 6.98. The number of carbonyl (C=O) groups excluding carboxylic acids is 1. The van der Waals surface area contributed by atoms with E-state index in [1.54, 1.807) is 11.8 Å². The minimum atomic E-state index is -0.436. The van der Waals surface area contributed by atoms with Crippen molar-refractivity contribution >= 4 is 34.7 Å². The maximum absolute atomic E-state index is 11.9. The molecule has 0 saturated heterocycles. The first-order valence-electron chi connectivity index (χ1n) is 10.3. The minimum absolute atomic E-state index is 0.252. The Hall–Kier alpha value is -2.60. The number of amides is 1. The Morgan fingerprint density at radius 1 is 0.967 bits per heavy atom. The molecule has 5 nitrogen and oxygen atoms in total. The van der Waals surface area contributed by atoms with Gasteiger partial charge in [0.1, 0.15) is 5.60 Å². The van der Waals surface area contributed by atoms with E-state index in [1.165, 1.54) is 16.8 Å². The zero-order valence-corrected chi connectivity index (χ0v) is 19.0. The fraction of sp³-hybridized carbons (Fsp3) is 0.417. The molecule has 0 atom stereocenters. The molecular formula is C24H30N2O3S. The number of fused-ring (bicyclic) bond motifs is 2. The molecular weight excluding hydrogens is 396 g/mol. The van der Waals surface area contributed by atoms with Crippen molar-refractivity contribution in [3.63, 3.8) is 0 Å². The Morgan fingerprint density at radius 2 is 1.53 bits per heavy atom. The number of rotatable bonds is 2.